The van der Waals surface area contributed by atoms with Crippen molar-refractivity contribution >= 4 is 16.7 Å². The van der Waals surface area contributed by atoms with Crippen LogP contribution in [0.3, 0.4) is 0 Å². The van der Waals surface area contributed by atoms with Crippen molar-refractivity contribution in [2.75, 3.05) is 0 Å². The molecule has 3 nitrogen and oxygen atoms in total. The van der Waals surface area contributed by atoms with E-state index in [4.69, 9.17) is 0 Å². The number of benzene rings is 3. The lowest BCUT2D eigenvalue weighted by Gasteiger charge is -2.25. The predicted octanol–water partition coefficient (Wildman–Crippen LogP) is 3.17. The fourth-order valence-electron chi connectivity index (χ4n) is 3.30. The van der Waals surface area contributed by atoms with Crippen LogP contribution >= 0.6 is 0 Å². The topological polar surface area (TPSA) is 41.1 Å². The molecule has 4 rings (SSSR count). The first-order valence-corrected chi connectivity index (χ1v) is 8.35. The Balaban J connectivity index is 1.41. The van der Waals surface area contributed by atoms with Crippen LogP contribution in [0.25, 0.3) is 10.8 Å². The lowest BCUT2D eigenvalue weighted by Crippen LogP contribution is -2.47. The number of carbonyl (C=O) groups is 1. The highest BCUT2D eigenvalue weighted by molar-refractivity contribution is 5.84. The van der Waals surface area contributed by atoms with Crippen LogP contribution in [0, 0.1) is 0 Å². The van der Waals surface area contributed by atoms with Crippen molar-refractivity contribution in [1.29, 1.82) is 0 Å². The molecule has 0 bridgehead atoms. The van der Waals surface area contributed by atoms with E-state index < -0.39 is 0 Å². The number of hydrogen-bond donors (Lipinski definition) is 2. The highest BCUT2D eigenvalue weighted by atomic mass is 16.2. The summed E-state index contributed by atoms with van der Waals surface area (Å²) in [5.41, 5.74) is 3.68. The monoisotopic (exact) mass is 316 g/mol. The third kappa shape index (κ3) is 3.03. The number of fused-ring (bicyclic) bond motifs is 2. The summed E-state index contributed by atoms with van der Waals surface area (Å²) >= 11 is 0. The van der Waals surface area contributed by atoms with Crippen LogP contribution in [0.15, 0.2) is 66.7 Å². The molecule has 2 N–H and O–H groups in total. The zero-order valence-electron chi connectivity index (χ0n) is 13.5. The normalized spacial score (nSPS) is 16.6. The average molecular weight is 316 g/mol. The molecule has 0 spiro atoms. The van der Waals surface area contributed by atoms with Gasteiger partial charge in [0.15, 0.2) is 0 Å². The molecule has 3 aromatic carbocycles. The van der Waals surface area contributed by atoms with Crippen LogP contribution in [0.5, 0.6) is 0 Å². The average Bonchev–Trinajstić information content (AvgIpc) is 2.65. The minimum Gasteiger partial charge on any atom is -0.351 e. The lowest BCUT2D eigenvalue weighted by atomic mass is 9.95. The van der Waals surface area contributed by atoms with Gasteiger partial charge in [-0.1, -0.05) is 60.7 Å². The molecule has 120 valence electrons. The molecule has 1 atom stereocenters. The van der Waals surface area contributed by atoms with Crippen molar-refractivity contribution in [1.82, 2.24) is 10.6 Å². The molecule has 0 saturated heterocycles. The number of carbonyl (C=O) groups excluding carboxylic acids is 1. The van der Waals surface area contributed by atoms with Gasteiger partial charge in [-0.15, -0.1) is 0 Å². The fourth-order valence-corrected chi connectivity index (χ4v) is 3.30. The molecular formula is C21H20N2O. The van der Waals surface area contributed by atoms with E-state index >= 15 is 0 Å². The maximum Gasteiger partial charge on any atom is 0.237 e. The van der Waals surface area contributed by atoms with Crippen molar-refractivity contribution in [3.63, 3.8) is 0 Å². The number of hydrogen-bond acceptors (Lipinski definition) is 2. The molecule has 0 fully saturated rings. The highest BCUT2D eigenvalue weighted by Gasteiger charge is 2.23. The first-order chi connectivity index (χ1) is 11.8. The molecule has 3 aromatic rings. The van der Waals surface area contributed by atoms with Crippen molar-refractivity contribution in [3.05, 3.63) is 83.4 Å². The van der Waals surface area contributed by atoms with Gasteiger partial charge in [0, 0.05) is 13.1 Å². The van der Waals surface area contributed by atoms with E-state index in [1.807, 2.05) is 24.3 Å². The lowest BCUT2D eigenvalue weighted by molar-refractivity contribution is -0.123. The zero-order chi connectivity index (χ0) is 16.4. The Labute approximate surface area is 141 Å². The van der Waals surface area contributed by atoms with Crippen molar-refractivity contribution in [2.45, 2.75) is 25.6 Å². The molecule has 1 aliphatic rings. The molecular weight excluding hydrogens is 296 g/mol. The van der Waals surface area contributed by atoms with Crippen LogP contribution in [0.2, 0.25) is 0 Å². The Kier molecular flexibility index (Phi) is 4.01. The summed E-state index contributed by atoms with van der Waals surface area (Å²) in [6.07, 6.45) is 0.750. The van der Waals surface area contributed by atoms with Crippen LogP contribution in [-0.2, 0) is 24.3 Å². The molecule has 0 saturated carbocycles. The van der Waals surface area contributed by atoms with E-state index in [0.717, 1.165) is 18.5 Å². The predicted molar refractivity (Wildman–Crippen MR) is 96.6 cm³/mol. The largest absolute Gasteiger partial charge is 0.351 e. The maximum atomic E-state index is 12.5. The summed E-state index contributed by atoms with van der Waals surface area (Å²) in [5, 5.41) is 8.81. The van der Waals surface area contributed by atoms with Gasteiger partial charge in [0.25, 0.3) is 0 Å². The van der Waals surface area contributed by atoms with Gasteiger partial charge < -0.3 is 10.6 Å². The standard InChI is InChI=1S/C21H20N2O/c24-21(20-12-18-7-3-4-8-19(18)14-22-20)23-13-15-9-10-16-5-1-2-6-17(16)11-15/h1-11,20,22H,12-14H2,(H,23,24). The summed E-state index contributed by atoms with van der Waals surface area (Å²) < 4.78 is 0. The molecule has 0 radical (unpaired) electrons. The first kappa shape index (κ1) is 14.9. The molecule has 0 aliphatic carbocycles. The summed E-state index contributed by atoms with van der Waals surface area (Å²) in [4.78, 5) is 12.5. The SMILES string of the molecule is O=C(NCc1ccc2ccccc2c1)C1Cc2ccccc2CN1. The Bertz CT molecular complexity index is 888. The van der Waals surface area contributed by atoms with Gasteiger partial charge in [0.05, 0.1) is 6.04 Å². The molecule has 0 aromatic heterocycles. The minimum absolute atomic E-state index is 0.0673. The van der Waals surface area contributed by atoms with Gasteiger partial charge in [-0.2, -0.15) is 0 Å². The van der Waals surface area contributed by atoms with Gasteiger partial charge >= 0.3 is 0 Å². The van der Waals surface area contributed by atoms with Crippen LogP contribution in [-0.4, -0.2) is 11.9 Å². The van der Waals surface area contributed by atoms with E-state index in [9.17, 15) is 4.79 Å². The van der Waals surface area contributed by atoms with E-state index in [1.165, 1.54) is 21.9 Å². The zero-order valence-corrected chi connectivity index (χ0v) is 13.5. The van der Waals surface area contributed by atoms with E-state index in [1.54, 1.807) is 0 Å². The second-order valence-corrected chi connectivity index (χ2v) is 6.31. The van der Waals surface area contributed by atoms with Crippen molar-refractivity contribution < 1.29 is 4.79 Å². The molecule has 1 amide bonds. The Morgan fingerprint density at radius 2 is 1.71 bits per heavy atom. The Morgan fingerprint density at radius 3 is 2.58 bits per heavy atom. The Morgan fingerprint density at radius 1 is 0.958 bits per heavy atom. The number of nitrogens with one attached hydrogen (secondary N) is 2. The van der Waals surface area contributed by atoms with Crippen molar-refractivity contribution in [3.8, 4) is 0 Å². The van der Waals surface area contributed by atoms with E-state index in [2.05, 4.69) is 53.1 Å². The molecule has 1 unspecified atom stereocenters. The molecule has 3 heteroatoms. The van der Waals surface area contributed by atoms with Gasteiger partial charge in [-0.05, 0) is 39.9 Å². The summed E-state index contributed by atoms with van der Waals surface area (Å²) in [5.74, 6) is 0.0673. The summed E-state index contributed by atoms with van der Waals surface area (Å²) in [6.45, 7) is 1.31. The van der Waals surface area contributed by atoms with Gasteiger partial charge in [0.1, 0.15) is 0 Å². The van der Waals surface area contributed by atoms with Gasteiger partial charge in [-0.25, -0.2) is 0 Å². The smallest absolute Gasteiger partial charge is 0.237 e. The summed E-state index contributed by atoms with van der Waals surface area (Å²) in [7, 11) is 0. The fraction of sp³-hybridized carbons (Fsp3) is 0.190. The van der Waals surface area contributed by atoms with Gasteiger partial charge in [-0.3, -0.25) is 4.79 Å². The second kappa shape index (κ2) is 6.46. The van der Waals surface area contributed by atoms with Crippen LogP contribution in [0.4, 0.5) is 0 Å². The molecule has 24 heavy (non-hydrogen) atoms. The van der Waals surface area contributed by atoms with Crippen LogP contribution in [0.1, 0.15) is 16.7 Å². The van der Waals surface area contributed by atoms with Gasteiger partial charge in [0.2, 0.25) is 5.91 Å². The van der Waals surface area contributed by atoms with Crippen molar-refractivity contribution in [2.24, 2.45) is 0 Å². The quantitative estimate of drug-likeness (QED) is 0.779. The van der Waals surface area contributed by atoms with E-state index in [-0.39, 0.29) is 11.9 Å². The molecule has 1 heterocycles. The third-order valence-electron chi connectivity index (χ3n) is 4.68. The first-order valence-electron chi connectivity index (χ1n) is 8.35. The maximum absolute atomic E-state index is 12.5. The number of rotatable bonds is 3. The second-order valence-electron chi connectivity index (χ2n) is 6.31. The summed E-state index contributed by atoms with van der Waals surface area (Å²) in [6, 6.07) is 22.7. The highest BCUT2D eigenvalue weighted by Crippen LogP contribution is 2.17. The number of amides is 1. The third-order valence-corrected chi connectivity index (χ3v) is 4.68. The minimum atomic E-state index is -0.152. The van der Waals surface area contributed by atoms with Crippen LogP contribution < -0.4 is 10.6 Å². The van der Waals surface area contributed by atoms with E-state index in [0.29, 0.717) is 6.54 Å². The molecule has 1 aliphatic heterocycles. The Hall–Kier alpha value is -2.65.